The highest BCUT2D eigenvalue weighted by atomic mass is 32.2. The molecule has 0 unspecified atom stereocenters. The van der Waals surface area contributed by atoms with Crippen LogP contribution in [-0.2, 0) is 19.9 Å². The second kappa shape index (κ2) is 8.50. The standard InChI is InChI=1S/C20H19N3O5S3/c24-19(22-20-21-18(12-29-20)14-5-2-1-3-6-14)15-7-4-8-17(11-15)31(27,28)23-16-9-10-30(25,26)13-16/h1-8,11-12,16,23H,9-10,13H2,(H,21,22,24)/t16-/m0/s1. The Morgan fingerprint density at radius 2 is 1.87 bits per heavy atom. The number of anilines is 1. The van der Waals surface area contributed by atoms with E-state index in [1.54, 1.807) is 0 Å². The Balaban J connectivity index is 1.48. The molecule has 1 fully saturated rings. The Bertz CT molecular complexity index is 1320. The predicted octanol–water partition coefficient (Wildman–Crippen LogP) is 2.53. The molecule has 0 bridgehead atoms. The lowest BCUT2D eigenvalue weighted by Crippen LogP contribution is -2.35. The molecular weight excluding hydrogens is 458 g/mol. The number of thiazole rings is 1. The molecule has 1 atom stereocenters. The van der Waals surface area contributed by atoms with Crippen molar-refractivity contribution in [1.29, 1.82) is 0 Å². The third-order valence-electron chi connectivity index (χ3n) is 4.75. The van der Waals surface area contributed by atoms with Crippen LogP contribution in [0.1, 0.15) is 16.8 Å². The van der Waals surface area contributed by atoms with Crippen LogP contribution in [0.4, 0.5) is 5.13 Å². The SMILES string of the molecule is O=C(Nc1nc(-c2ccccc2)cs1)c1cccc(S(=O)(=O)N[C@H]2CCS(=O)(=O)C2)c1. The molecule has 0 aliphatic carbocycles. The summed E-state index contributed by atoms with van der Waals surface area (Å²) in [7, 11) is -7.18. The highest BCUT2D eigenvalue weighted by molar-refractivity contribution is 7.92. The van der Waals surface area contributed by atoms with Crippen LogP contribution in [0, 0.1) is 0 Å². The van der Waals surface area contributed by atoms with Gasteiger partial charge in [0.15, 0.2) is 15.0 Å². The Morgan fingerprint density at radius 3 is 2.58 bits per heavy atom. The Morgan fingerprint density at radius 1 is 1.10 bits per heavy atom. The van der Waals surface area contributed by atoms with Crippen molar-refractivity contribution in [2.75, 3.05) is 16.8 Å². The third-order valence-corrected chi connectivity index (χ3v) is 8.80. The number of benzene rings is 2. The molecule has 1 saturated heterocycles. The van der Waals surface area contributed by atoms with Crippen LogP contribution >= 0.6 is 11.3 Å². The van der Waals surface area contributed by atoms with E-state index in [1.165, 1.54) is 35.6 Å². The van der Waals surface area contributed by atoms with Gasteiger partial charge in [-0.1, -0.05) is 36.4 Å². The zero-order chi connectivity index (χ0) is 22.1. The van der Waals surface area contributed by atoms with Crippen LogP contribution in [0.5, 0.6) is 0 Å². The van der Waals surface area contributed by atoms with Gasteiger partial charge in [0, 0.05) is 22.5 Å². The number of hydrogen-bond acceptors (Lipinski definition) is 7. The van der Waals surface area contributed by atoms with Crippen molar-refractivity contribution in [1.82, 2.24) is 9.71 Å². The van der Waals surface area contributed by atoms with E-state index in [0.29, 0.717) is 5.13 Å². The molecule has 2 aromatic carbocycles. The molecule has 3 aromatic rings. The summed E-state index contributed by atoms with van der Waals surface area (Å²) in [4.78, 5) is 16.9. The molecule has 0 radical (unpaired) electrons. The summed E-state index contributed by atoms with van der Waals surface area (Å²) in [5.41, 5.74) is 1.80. The fourth-order valence-electron chi connectivity index (χ4n) is 3.22. The van der Waals surface area contributed by atoms with Crippen molar-refractivity contribution >= 4 is 42.2 Å². The Hall–Kier alpha value is -2.60. The van der Waals surface area contributed by atoms with Crippen molar-refractivity contribution in [3.05, 3.63) is 65.5 Å². The molecule has 162 valence electrons. The summed E-state index contributed by atoms with van der Waals surface area (Å²) < 4.78 is 50.9. The quantitative estimate of drug-likeness (QED) is 0.563. The summed E-state index contributed by atoms with van der Waals surface area (Å²) in [6.07, 6.45) is 0.232. The van der Waals surface area contributed by atoms with E-state index in [1.807, 2.05) is 35.7 Å². The van der Waals surface area contributed by atoms with E-state index >= 15 is 0 Å². The second-order valence-electron chi connectivity index (χ2n) is 7.11. The normalized spacial score (nSPS) is 18.0. The van der Waals surface area contributed by atoms with Crippen molar-refractivity contribution in [2.45, 2.75) is 17.4 Å². The first-order valence-electron chi connectivity index (χ1n) is 9.37. The first kappa shape index (κ1) is 21.6. The average molecular weight is 478 g/mol. The number of carbonyl (C=O) groups excluding carboxylic acids is 1. The fraction of sp³-hybridized carbons (Fsp3) is 0.200. The van der Waals surface area contributed by atoms with E-state index in [2.05, 4.69) is 15.0 Å². The van der Waals surface area contributed by atoms with Crippen LogP contribution in [0.25, 0.3) is 11.3 Å². The second-order valence-corrected chi connectivity index (χ2v) is 11.9. The van der Waals surface area contributed by atoms with E-state index in [0.717, 1.165) is 11.3 Å². The van der Waals surface area contributed by atoms with Crippen molar-refractivity contribution in [2.24, 2.45) is 0 Å². The van der Waals surface area contributed by atoms with Crippen molar-refractivity contribution < 1.29 is 21.6 Å². The van der Waals surface area contributed by atoms with E-state index in [-0.39, 0.29) is 28.4 Å². The van der Waals surface area contributed by atoms with E-state index in [4.69, 9.17) is 0 Å². The molecular formula is C20H19N3O5S3. The van der Waals surface area contributed by atoms with Gasteiger partial charge in [-0.2, -0.15) is 0 Å². The van der Waals surface area contributed by atoms with Gasteiger partial charge >= 0.3 is 0 Å². The number of aromatic nitrogens is 1. The lowest BCUT2D eigenvalue weighted by atomic mass is 10.2. The minimum absolute atomic E-state index is 0.0403. The van der Waals surface area contributed by atoms with Gasteiger partial charge in [0.2, 0.25) is 10.0 Å². The molecule has 1 aliphatic rings. The molecule has 0 saturated carbocycles. The van der Waals surface area contributed by atoms with Crippen molar-refractivity contribution in [3.63, 3.8) is 0 Å². The molecule has 0 spiro atoms. The van der Waals surface area contributed by atoms with E-state index < -0.39 is 31.8 Å². The number of carbonyl (C=O) groups is 1. The van der Waals surface area contributed by atoms with E-state index in [9.17, 15) is 21.6 Å². The first-order valence-corrected chi connectivity index (χ1v) is 13.6. The fourth-order valence-corrected chi connectivity index (χ4v) is 7.03. The predicted molar refractivity (Wildman–Crippen MR) is 119 cm³/mol. The number of nitrogens with one attached hydrogen (secondary N) is 2. The number of amides is 1. The van der Waals surface area contributed by atoms with Crippen molar-refractivity contribution in [3.8, 4) is 11.3 Å². The molecule has 1 aromatic heterocycles. The summed E-state index contributed by atoms with van der Waals surface area (Å²) in [6, 6.07) is 14.4. The van der Waals surface area contributed by atoms with Gasteiger partial charge in [0.25, 0.3) is 5.91 Å². The molecule has 1 amide bonds. The largest absolute Gasteiger partial charge is 0.298 e. The minimum atomic E-state index is -3.96. The van der Waals surface area contributed by atoms with Crippen LogP contribution in [-0.4, -0.2) is 45.3 Å². The Labute approximate surface area is 184 Å². The maximum atomic E-state index is 12.6. The zero-order valence-electron chi connectivity index (χ0n) is 16.2. The molecule has 2 N–H and O–H groups in total. The first-order chi connectivity index (χ1) is 14.7. The number of nitrogens with zero attached hydrogens (tertiary/aromatic N) is 1. The summed E-state index contributed by atoms with van der Waals surface area (Å²) in [5.74, 6) is -0.754. The molecule has 2 heterocycles. The third kappa shape index (κ3) is 5.18. The minimum Gasteiger partial charge on any atom is -0.298 e. The highest BCUT2D eigenvalue weighted by Crippen LogP contribution is 2.25. The maximum Gasteiger partial charge on any atom is 0.257 e. The molecule has 31 heavy (non-hydrogen) atoms. The Kier molecular flexibility index (Phi) is 5.93. The zero-order valence-corrected chi connectivity index (χ0v) is 18.6. The number of hydrogen-bond donors (Lipinski definition) is 2. The molecule has 8 nitrogen and oxygen atoms in total. The topological polar surface area (TPSA) is 122 Å². The average Bonchev–Trinajstić information content (AvgIpc) is 3.34. The number of sulfone groups is 1. The summed E-state index contributed by atoms with van der Waals surface area (Å²) in [5, 5.41) is 4.90. The lowest BCUT2D eigenvalue weighted by Gasteiger charge is -2.12. The van der Waals surface area contributed by atoms with Gasteiger partial charge in [-0.25, -0.2) is 26.5 Å². The van der Waals surface area contributed by atoms with Gasteiger partial charge in [0.05, 0.1) is 22.1 Å². The highest BCUT2D eigenvalue weighted by Gasteiger charge is 2.31. The van der Waals surface area contributed by atoms with Crippen LogP contribution in [0.15, 0.2) is 64.9 Å². The maximum absolute atomic E-state index is 12.6. The summed E-state index contributed by atoms with van der Waals surface area (Å²) >= 11 is 1.27. The lowest BCUT2D eigenvalue weighted by molar-refractivity contribution is 0.102. The molecule has 1 aliphatic heterocycles. The smallest absolute Gasteiger partial charge is 0.257 e. The van der Waals surface area contributed by atoms with Crippen LogP contribution in [0.2, 0.25) is 0 Å². The number of rotatable bonds is 6. The van der Waals surface area contributed by atoms with Crippen LogP contribution < -0.4 is 10.0 Å². The van der Waals surface area contributed by atoms with Gasteiger partial charge in [0.1, 0.15) is 0 Å². The summed E-state index contributed by atoms with van der Waals surface area (Å²) in [6.45, 7) is 0. The number of sulfonamides is 1. The molecule has 4 rings (SSSR count). The van der Waals surface area contributed by atoms with Gasteiger partial charge in [-0.3, -0.25) is 10.1 Å². The van der Waals surface area contributed by atoms with Gasteiger partial charge in [-0.05, 0) is 24.6 Å². The van der Waals surface area contributed by atoms with Crippen LogP contribution in [0.3, 0.4) is 0 Å². The van der Waals surface area contributed by atoms with Gasteiger partial charge < -0.3 is 0 Å². The van der Waals surface area contributed by atoms with Gasteiger partial charge in [-0.15, -0.1) is 11.3 Å². The monoisotopic (exact) mass is 477 g/mol. The molecule has 11 heteroatoms.